The van der Waals surface area contributed by atoms with Gasteiger partial charge < -0.3 is 4.84 Å². The summed E-state index contributed by atoms with van der Waals surface area (Å²) in [4.78, 5) is 15.4. The Bertz CT molecular complexity index is 216. The highest BCUT2D eigenvalue weighted by Crippen LogP contribution is 2.15. The third-order valence-electron chi connectivity index (χ3n) is 1.68. The molecule has 0 aliphatic rings. The fourth-order valence-electron chi connectivity index (χ4n) is 0.323. The van der Waals surface area contributed by atoms with Gasteiger partial charge in [-0.15, -0.1) is 0 Å². The summed E-state index contributed by atoms with van der Waals surface area (Å²) in [6.07, 6.45) is 0. The Hall–Kier alpha value is -0.380. The van der Waals surface area contributed by atoms with Gasteiger partial charge in [-0.25, -0.2) is 4.79 Å². The van der Waals surface area contributed by atoms with Gasteiger partial charge in [0.1, 0.15) is 4.83 Å². The molecule has 0 aromatic carbocycles. The maximum Gasteiger partial charge on any atom is 0.348 e. The molecule has 0 saturated heterocycles. The van der Waals surface area contributed by atoms with E-state index in [9.17, 15) is 4.79 Å². The first-order chi connectivity index (χ1) is 5.75. The molecule has 0 amide bonds. The maximum atomic E-state index is 11.0. The summed E-state index contributed by atoms with van der Waals surface area (Å²) < 4.78 is 0. The van der Waals surface area contributed by atoms with E-state index in [1.165, 1.54) is 0 Å². The van der Waals surface area contributed by atoms with Crippen LogP contribution in [0.2, 0.25) is 0 Å². The number of carbonyl (C=O) groups excluding carboxylic acids is 1. The first-order valence-electron chi connectivity index (χ1n) is 4.15. The van der Waals surface area contributed by atoms with E-state index in [0.29, 0.717) is 0 Å². The molecule has 0 aromatic heterocycles. The summed E-state index contributed by atoms with van der Waals surface area (Å²) in [5.74, 6) is -0.372. The molecule has 0 N–H and O–H groups in total. The van der Waals surface area contributed by atoms with E-state index in [1.54, 1.807) is 6.92 Å². The second-order valence-electron chi connectivity index (χ2n) is 3.95. The number of rotatable bonds is 2. The van der Waals surface area contributed by atoms with Crippen molar-refractivity contribution in [2.45, 2.75) is 39.4 Å². The van der Waals surface area contributed by atoms with Crippen LogP contribution in [-0.4, -0.2) is 16.5 Å². The zero-order chi connectivity index (χ0) is 10.6. The molecule has 3 nitrogen and oxygen atoms in total. The number of hydrogen-bond acceptors (Lipinski definition) is 3. The molecule has 0 aliphatic carbocycles. The van der Waals surface area contributed by atoms with E-state index in [2.05, 4.69) is 21.1 Å². The fraction of sp³-hybridized carbons (Fsp3) is 0.778. The summed E-state index contributed by atoms with van der Waals surface area (Å²) in [6, 6.07) is 0. The van der Waals surface area contributed by atoms with Gasteiger partial charge in [-0.3, -0.25) is 0 Å². The van der Waals surface area contributed by atoms with Gasteiger partial charge in [-0.05, 0) is 13.8 Å². The van der Waals surface area contributed by atoms with Crippen molar-refractivity contribution in [2.24, 2.45) is 10.6 Å². The molecule has 4 heteroatoms. The van der Waals surface area contributed by atoms with Crippen LogP contribution in [0.4, 0.5) is 0 Å². The van der Waals surface area contributed by atoms with Crippen molar-refractivity contribution in [2.75, 3.05) is 0 Å². The SMILES string of the molecule is C/C(=N\OC(=O)C(C)Br)C(C)(C)C. The average molecular weight is 250 g/mol. The lowest BCUT2D eigenvalue weighted by Crippen LogP contribution is -2.19. The molecular weight excluding hydrogens is 234 g/mol. The molecule has 0 spiro atoms. The Balaban J connectivity index is 4.21. The van der Waals surface area contributed by atoms with Gasteiger partial charge in [0.15, 0.2) is 0 Å². The number of alkyl halides is 1. The minimum atomic E-state index is -0.372. The summed E-state index contributed by atoms with van der Waals surface area (Å²) >= 11 is 3.10. The molecule has 0 heterocycles. The lowest BCUT2D eigenvalue weighted by molar-refractivity contribution is -0.142. The molecule has 0 saturated carbocycles. The average Bonchev–Trinajstić information content (AvgIpc) is 1.97. The highest BCUT2D eigenvalue weighted by Gasteiger charge is 2.16. The first-order valence-corrected chi connectivity index (χ1v) is 5.06. The summed E-state index contributed by atoms with van der Waals surface area (Å²) in [7, 11) is 0. The van der Waals surface area contributed by atoms with E-state index in [-0.39, 0.29) is 16.2 Å². The monoisotopic (exact) mass is 249 g/mol. The molecule has 1 unspecified atom stereocenters. The standard InChI is InChI=1S/C9H16BrNO2/c1-6(10)8(12)13-11-7(2)9(3,4)5/h6H,1-5H3/b11-7+. The van der Waals surface area contributed by atoms with Crippen LogP contribution in [0, 0.1) is 5.41 Å². The van der Waals surface area contributed by atoms with Crippen LogP contribution in [-0.2, 0) is 9.63 Å². The minimum absolute atomic E-state index is 0.0597. The van der Waals surface area contributed by atoms with Crippen LogP contribution in [0.25, 0.3) is 0 Å². The third-order valence-corrected chi connectivity index (χ3v) is 2.06. The van der Waals surface area contributed by atoms with Crippen LogP contribution >= 0.6 is 15.9 Å². The van der Waals surface area contributed by atoms with Gasteiger partial charge in [0.25, 0.3) is 0 Å². The predicted octanol–water partition coefficient (Wildman–Crippen LogP) is 2.74. The van der Waals surface area contributed by atoms with E-state index in [0.717, 1.165) is 5.71 Å². The molecular formula is C9H16BrNO2. The second kappa shape index (κ2) is 4.74. The van der Waals surface area contributed by atoms with Crippen LogP contribution < -0.4 is 0 Å². The number of oxime groups is 1. The molecule has 0 bridgehead atoms. The number of halogens is 1. The Kier molecular flexibility index (Phi) is 4.61. The molecule has 1 atom stereocenters. The van der Waals surface area contributed by atoms with Crippen molar-refractivity contribution in [3.05, 3.63) is 0 Å². The number of nitrogens with zero attached hydrogens (tertiary/aromatic N) is 1. The molecule has 0 rings (SSSR count). The Morgan fingerprint density at radius 1 is 1.46 bits per heavy atom. The quantitative estimate of drug-likeness (QED) is 0.327. The molecule has 0 fully saturated rings. The van der Waals surface area contributed by atoms with Gasteiger partial charge in [0.2, 0.25) is 0 Å². The number of hydrogen-bond donors (Lipinski definition) is 0. The van der Waals surface area contributed by atoms with Crippen molar-refractivity contribution < 1.29 is 9.63 Å². The van der Waals surface area contributed by atoms with Gasteiger partial charge in [-0.1, -0.05) is 41.9 Å². The van der Waals surface area contributed by atoms with E-state index < -0.39 is 0 Å². The largest absolute Gasteiger partial charge is 0.348 e. The Morgan fingerprint density at radius 3 is 2.23 bits per heavy atom. The Labute approximate surface area is 87.7 Å². The van der Waals surface area contributed by atoms with Gasteiger partial charge in [0.05, 0.1) is 5.71 Å². The van der Waals surface area contributed by atoms with Crippen LogP contribution in [0.15, 0.2) is 5.16 Å². The molecule has 13 heavy (non-hydrogen) atoms. The maximum absolute atomic E-state index is 11.0. The zero-order valence-corrected chi connectivity index (χ0v) is 10.3. The normalized spacial score (nSPS) is 15.4. The predicted molar refractivity (Wildman–Crippen MR) is 57.0 cm³/mol. The smallest absolute Gasteiger partial charge is 0.317 e. The highest BCUT2D eigenvalue weighted by molar-refractivity contribution is 9.10. The number of carbonyl (C=O) groups is 1. The highest BCUT2D eigenvalue weighted by atomic mass is 79.9. The first kappa shape index (κ1) is 12.6. The van der Waals surface area contributed by atoms with Crippen molar-refractivity contribution in [1.29, 1.82) is 0 Å². The lowest BCUT2D eigenvalue weighted by Gasteiger charge is -2.16. The topological polar surface area (TPSA) is 38.7 Å². The molecule has 0 aliphatic heterocycles. The summed E-state index contributed by atoms with van der Waals surface area (Å²) in [5, 5.41) is 3.75. The molecule has 0 aromatic rings. The minimum Gasteiger partial charge on any atom is -0.317 e. The van der Waals surface area contributed by atoms with E-state index in [4.69, 9.17) is 4.84 Å². The van der Waals surface area contributed by atoms with Crippen molar-refractivity contribution in [1.82, 2.24) is 0 Å². The summed E-state index contributed by atoms with van der Waals surface area (Å²) in [5.41, 5.74) is 0.740. The van der Waals surface area contributed by atoms with E-state index in [1.807, 2.05) is 27.7 Å². The zero-order valence-electron chi connectivity index (χ0n) is 8.72. The van der Waals surface area contributed by atoms with Gasteiger partial charge in [0, 0.05) is 5.41 Å². The van der Waals surface area contributed by atoms with Crippen LogP contribution in [0.1, 0.15) is 34.6 Å². The second-order valence-corrected chi connectivity index (χ2v) is 5.33. The van der Waals surface area contributed by atoms with Crippen molar-refractivity contribution in [3.8, 4) is 0 Å². The van der Waals surface area contributed by atoms with E-state index >= 15 is 0 Å². The third kappa shape index (κ3) is 5.03. The summed E-state index contributed by atoms with van der Waals surface area (Å²) in [6.45, 7) is 9.57. The van der Waals surface area contributed by atoms with Crippen LogP contribution in [0.3, 0.4) is 0 Å². The Morgan fingerprint density at radius 2 is 1.92 bits per heavy atom. The van der Waals surface area contributed by atoms with Crippen molar-refractivity contribution in [3.63, 3.8) is 0 Å². The van der Waals surface area contributed by atoms with Crippen molar-refractivity contribution >= 4 is 27.6 Å². The lowest BCUT2D eigenvalue weighted by atomic mass is 9.91. The fourth-order valence-corrected chi connectivity index (χ4v) is 0.407. The molecule has 76 valence electrons. The van der Waals surface area contributed by atoms with Gasteiger partial charge >= 0.3 is 5.97 Å². The molecule has 0 radical (unpaired) electrons. The van der Waals surface area contributed by atoms with Crippen LogP contribution in [0.5, 0.6) is 0 Å². The van der Waals surface area contributed by atoms with Gasteiger partial charge in [-0.2, -0.15) is 0 Å².